The van der Waals surface area contributed by atoms with Crippen molar-refractivity contribution in [3.05, 3.63) is 11.3 Å². The Morgan fingerprint density at radius 1 is 1.42 bits per heavy atom. The lowest BCUT2D eigenvalue weighted by Gasteiger charge is -2.31. The largest absolute Gasteiger partial charge is 0.481 e. The van der Waals surface area contributed by atoms with E-state index in [2.05, 4.69) is 16.7 Å². The number of hydrogen-bond acceptors (Lipinski definition) is 4. The predicted octanol–water partition coefficient (Wildman–Crippen LogP) is 2.50. The van der Waals surface area contributed by atoms with Crippen molar-refractivity contribution in [3.8, 4) is 5.88 Å². The van der Waals surface area contributed by atoms with Crippen LogP contribution >= 0.6 is 11.8 Å². The van der Waals surface area contributed by atoms with Crippen molar-refractivity contribution in [1.82, 2.24) is 15.1 Å². The van der Waals surface area contributed by atoms with E-state index >= 15 is 0 Å². The van der Waals surface area contributed by atoms with E-state index in [0.29, 0.717) is 6.04 Å². The van der Waals surface area contributed by atoms with Crippen LogP contribution in [0.2, 0.25) is 0 Å². The second kappa shape index (κ2) is 6.66. The SMILES string of the molecule is COc1c(CNC2CCCCC2SC)c(C)nn1C. The molecule has 0 bridgehead atoms. The molecule has 2 unspecified atom stereocenters. The maximum Gasteiger partial charge on any atom is 0.216 e. The predicted molar refractivity (Wildman–Crippen MR) is 80.9 cm³/mol. The first kappa shape index (κ1) is 14.7. The minimum absolute atomic E-state index is 0.619. The Morgan fingerprint density at radius 3 is 2.84 bits per heavy atom. The summed E-state index contributed by atoms with van der Waals surface area (Å²) >= 11 is 1.99. The van der Waals surface area contributed by atoms with E-state index in [1.165, 1.54) is 31.2 Å². The molecule has 1 saturated carbocycles. The van der Waals surface area contributed by atoms with Gasteiger partial charge in [0, 0.05) is 24.9 Å². The van der Waals surface area contributed by atoms with Crippen LogP contribution < -0.4 is 10.1 Å². The minimum atomic E-state index is 0.619. The van der Waals surface area contributed by atoms with Gasteiger partial charge in [-0.2, -0.15) is 16.9 Å². The van der Waals surface area contributed by atoms with Crippen LogP contribution in [0.15, 0.2) is 0 Å². The molecule has 4 nitrogen and oxygen atoms in total. The van der Waals surface area contributed by atoms with Crippen LogP contribution in [-0.2, 0) is 13.6 Å². The van der Waals surface area contributed by atoms with Crippen molar-refractivity contribution >= 4 is 11.8 Å². The van der Waals surface area contributed by atoms with Gasteiger partial charge in [0.05, 0.1) is 18.4 Å². The molecule has 1 aromatic heterocycles. The van der Waals surface area contributed by atoms with Crippen molar-refractivity contribution in [2.75, 3.05) is 13.4 Å². The zero-order chi connectivity index (χ0) is 13.8. The summed E-state index contributed by atoms with van der Waals surface area (Å²) in [5.41, 5.74) is 2.25. The summed E-state index contributed by atoms with van der Waals surface area (Å²) in [6.45, 7) is 2.90. The van der Waals surface area contributed by atoms with Gasteiger partial charge in [-0.25, -0.2) is 4.68 Å². The van der Waals surface area contributed by atoms with Crippen LogP contribution in [0, 0.1) is 6.92 Å². The fraction of sp³-hybridized carbons (Fsp3) is 0.786. The van der Waals surface area contributed by atoms with E-state index in [1.54, 1.807) is 7.11 Å². The molecule has 0 aromatic carbocycles. The molecule has 1 aromatic rings. The number of methoxy groups -OCH3 is 1. The Hall–Kier alpha value is -0.680. The van der Waals surface area contributed by atoms with Gasteiger partial charge in [-0.15, -0.1) is 0 Å². The zero-order valence-electron chi connectivity index (χ0n) is 12.4. The van der Waals surface area contributed by atoms with Crippen LogP contribution in [0.25, 0.3) is 0 Å². The summed E-state index contributed by atoms with van der Waals surface area (Å²) in [5, 5.41) is 8.89. The summed E-state index contributed by atoms with van der Waals surface area (Å²) in [4.78, 5) is 0. The highest BCUT2D eigenvalue weighted by Crippen LogP contribution is 2.28. The highest BCUT2D eigenvalue weighted by atomic mass is 32.2. The Morgan fingerprint density at radius 2 is 2.16 bits per heavy atom. The molecule has 108 valence electrons. The Kier molecular flexibility index (Phi) is 5.16. The minimum Gasteiger partial charge on any atom is -0.481 e. The third-order valence-electron chi connectivity index (χ3n) is 4.03. The molecule has 1 N–H and O–H groups in total. The lowest BCUT2D eigenvalue weighted by molar-refractivity contribution is 0.357. The number of aromatic nitrogens is 2. The van der Waals surface area contributed by atoms with Crippen LogP contribution in [0.1, 0.15) is 36.9 Å². The van der Waals surface area contributed by atoms with Gasteiger partial charge in [0.15, 0.2) is 0 Å². The summed E-state index contributed by atoms with van der Waals surface area (Å²) in [5.74, 6) is 0.876. The molecule has 1 heterocycles. The first-order chi connectivity index (χ1) is 9.17. The van der Waals surface area contributed by atoms with Crippen LogP contribution in [0.5, 0.6) is 5.88 Å². The number of rotatable bonds is 5. The van der Waals surface area contributed by atoms with Crippen LogP contribution in [0.4, 0.5) is 0 Å². The molecule has 1 fully saturated rings. The van der Waals surface area contributed by atoms with E-state index in [-0.39, 0.29) is 0 Å². The van der Waals surface area contributed by atoms with Gasteiger partial charge >= 0.3 is 0 Å². The lowest BCUT2D eigenvalue weighted by Crippen LogP contribution is -2.40. The van der Waals surface area contributed by atoms with Crippen molar-refractivity contribution in [1.29, 1.82) is 0 Å². The van der Waals surface area contributed by atoms with E-state index in [4.69, 9.17) is 4.74 Å². The molecule has 0 radical (unpaired) electrons. The van der Waals surface area contributed by atoms with E-state index in [9.17, 15) is 0 Å². The Labute approximate surface area is 120 Å². The maximum atomic E-state index is 5.45. The number of aryl methyl sites for hydroxylation is 2. The van der Waals surface area contributed by atoms with E-state index < -0.39 is 0 Å². The highest BCUT2D eigenvalue weighted by Gasteiger charge is 2.24. The molecule has 1 aliphatic rings. The van der Waals surface area contributed by atoms with Crippen molar-refractivity contribution in [2.45, 2.75) is 50.4 Å². The molecule has 5 heteroatoms. The molecule has 0 aliphatic heterocycles. The summed E-state index contributed by atoms with van der Waals surface area (Å²) in [6.07, 6.45) is 7.56. The van der Waals surface area contributed by atoms with Gasteiger partial charge in [0.1, 0.15) is 0 Å². The molecule has 0 amide bonds. The first-order valence-electron chi connectivity index (χ1n) is 7.00. The lowest BCUT2D eigenvalue weighted by atomic mass is 9.94. The summed E-state index contributed by atoms with van der Waals surface area (Å²) in [7, 11) is 3.64. The average molecular weight is 283 g/mol. The molecular formula is C14H25N3OS. The first-order valence-corrected chi connectivity index (χ1v) is 8.28. The van der Waals surface area contributed by atoms with Crippen molar-refractivity contribution in [2.24, 2.45) is 7.05 Å². The van der Waals surface area contributed by atoms with E-state index in [0.717, 1.165) is 23.4 Å². The second-order valence-corrected chi connectivity index (χ2v) is 6.32. The smallest absolute Gasteiger partial charge is 0.216 e. The third kappa shape index (κ3) is 3.26. The Balaban J connectivity index is 2.01. The zero-order valence-corrected chi connectivity index (χ0v) is 13.2. The molecule has 1 aliphatic carbocycles. The number of nitrogens with one attached hydrogen (secondary N) is 1. The van der Waals surface area contributed by atoms with Crippen LogP contribution in [-0.4, -0.2) is 34.4 Å². The molecule has 19 heavy (non-hydrogen) atoms. The highest BCUT2D eigenvalue weighted by molar-refractivity contribution is 7.99. The maximum absolute atomic E-state index is 5.45. The van der Waals surface area contributed by atoms with Crippen molar-refractivity contribution in [3.63, 3.8) is 0 Å². The monoisotopic (exact) mass is 283 g/mol. The van der Waals surface area contributed by atoms with Gasteiger partial charge in [0.2, 0.25) is 5.88 Å². The summed E-state index contributed by atoms with van der Waals surface area (Å²) in [6, 6.07) is 0.619. The second-order valence-electron chi connectivity index (χ2n) is 5.24. The molecule has 0 spiro atoms. The molecule has 2 atom stereocenters. The van der Waals surface area contributed by atoms with E-state index in [1.807, 2.05) is 30.4 Å². The number of hydrogen-bond donors (Lipinski definition) is 1. The third-order valence-corrected chi connectivity index (χ3v) is 5.20. The van der Waals surface area contributed by atoms with Gasteiger partial charge in [-0.3, -0.25) is 0 Å². The fourth-order valence-electron chi connectivity index (χ4n) is 2.99. The summed E-state index contributed by atoms with van der Waals surface area (Å²) < 4.78 is 7.26. The molecular weight excluding hydrogens is 258 g/mol. The average Bonchev–Trinajstić information content (AvgIpc) is 2.70. The fourth-order valence-corrected chi connectivity index (χ4v) is 3.95. The number of nitrogens with zero attached hydrogens (tertiary/aromatic N) is 2. The van der Waals surface area contributed by atoms with Gasteiger partial charge in [0.25, 0.3) is 0 Å². The standard InChI is InChI=1S/C14H25N3OS/c1-10-11(14(18-3)17(2)16-10)9-15-12-7-5-6-8-13(12)19-4/h12-13,15H,5-9H2,1-4H3. The topological polar surface area (TPSA) is 39.1 Å². The van der Waals surface area contributed by atoms with Crippen LogP contribution in [0.3, 0.4) is 0 Å². The number of ether oxygens (including phenoxy) is 1. The normalized spacial score (nSPS) is 23.6. The van der Waals surface area contributed by atoms with Gasteiger partial charge in [-0.05, 0) is 26.0 Å². The number of thioether (sulfide) groups is 1. The molecule has 2 rings (SSSR count). The Bertz CT molecular complexity index is 419. The van der Waals surface area contributed by atoms with Crippen molar-refractivity contribution < 1.29 is 4.74 Å². The quantitative estimate of drug-likeness (QED) is 0.901. The molecule has 0 saturated heterocycles. The van der Waals surface area contributed by atoms with Gasteiger partial charge in [-0.1, -0.05) is 12.8 Å². The van der Waals surface area contributed by atoms with Gasteiger partial charge < -0.3 is 10.1 Å².